The number of amides is 1. The van der Waals surface area contributed by atoms with Gasteiger partial charge in [0, 0.05) is 18.8 Å². The van der Waals surface area contributed by atoms with Crippen LogP contribution in [0, 0.1) is 5.92 Å². The number of nitrogens with zero attached hydrogens (tertiary/aromatic N) is 2. The molecule has 0 spiro atoms. The summed E-state index contributed by atoms with van der Waals surface area (Å²) in [6.45, 7) is 4.95. The third kappa shape index (κ3) is 4.87. The Labute approximate surface area is 115 Å². The summed E-state index contributed by atoms with van der Waals surface area (Å²) in [5.74, 6) is 0.373. The van der Waals surface area contributed by atoms with Gasteiger partial charge in [-0.05, 0) is 38.6 Å². The van der Waals surface area contributed by atoms with Crippen molar-refractivity contribution in [1.82, 2.24) is 15.2 Å². The molecule has 0 saturated carbocycles. The smallest absolute Gasteiger partial charge is 0.272 e. The minimum absolute atomic E-state index is 0.214. The van der Waals surface area contributed by atoms with E-state index in [4.69, 9.17) is 5.73 Å². The van der Waals surface area contributed by atoms with Gasteiger partial charge in [0.25, 0.3) is 5.91 Å². The van der Waals surface area contributed by atoms with Crippen molar-refractivity contribution in [3.8, 4) is 0 Å². The summed E-state index contributed by atoms with van der Waals surface area (Å²) in [4.78, 5) is 18.1. The van der Waals surface area contributed by atoms with E-state index in [2.05, 4.69) is 29.0 Å². The molecule has 3 N–H and O–H groups in total. The SMILES string of the molecule is CC(C)CC(CNC(=O)c1ncccc1N)N(C)C. The Morgan fingerprint density at radius 3 is 2.68 bits per heavy atom. The van der Waals surface area contributed by atoms with Crippen molar-refractivity contribution < 1.29 is 4.79 Å². The van der Waals surface area contributed by atoms with E-state index >= 15 is 0 Å². The van der Waals surface area contributed by atoms with Crippen LogP contribution >= 0.6 is 0 Å². The maximum Gasteiger partial charge on any atom is 0.272 e. The van der Waals surface area contributed by atoms with E-state index in [-0.39, 0.29) is 5.91 Å². The molecule has 0 aliphatic heterocycles. The number of likely N-dealkylation sites (N-methyl/N-ethyl adjacent to an activating group) is 1. The Morgan fingerprint density at radius 2 is 2.16 bits per heavy atom. The molecular formula is C14H24N4O. The first-order chi connectivity index (χ1) is 8.91. The average molecular weight is 264 g/mol. The molecule has 19 heavy (non-hydrogen) atoms. The number of hydrogen-bond acceptors (Lipinski definition) is 4. The van der Waals surface area contributed by atoms with Gasteiger partial charge < -0.3 is 16.0 Å². The Hall–Kier alpha value is -1.62. The van der Waals surface area contributed by atoms with Crippen molar-refractivity contribution in [3.63, 3.8) is 0 Å². The summed E-state index contributed by atoms with van der Waals surface area (Å²) in [6.07, 6.45) is 2.60. The fourth-order valence-corrected chi connectivity index (χ4v) is 1.92. The van der Waals surface area contributed by atoms with Crippen LogP contribution in [0.15, 0.2) is 18.3 Å². The lowest BCUT2D eigenvalue weighted by atomic mass is 10.0. The fourth-order valence-electron chi connectivity index (χ4n) is 1.92. The van der Waals surface area contributed by atoms with Crippen LogP contribution in [-0.4, -0.2) is 42.5 Å². The van der Waals surface area contributed by atoms with E-state index in [1.165, 1.54) is 0 Å². The van der Waals surface area contributed by atoms with Gasteiger partial charge in [0.2, 0.25) is 0 Å². The van der Waals surface area contributed by atoms with Gasteiger partial charge in [-0.25, -0.2) is 4.98 Å². The van der Waals surface area contributed by atoms with Crippen LogP contribution in [0.25, 0.3) is 0 Å². The normalized spacial score (nSPS) is 12.7. The highest BCUT2D eigenvalue weighted by Crippen LogP contribution is 2.10. The second kappa shape index (κ2) is 7.09. The largest absolute Gasteiger partial charge is 0.397 e. The Kier molecular flexibility index (Phi) is 5.76. The molecule has 0 aromatic carbocycles. The molecule has 1 unspecified atom stereocenters. The van der Waals surface area contributed by atoms with E-state index in [0.717, 1.165) is 6.42 Å². The zero-order chi connectivity index (χ0) is 14.4. The lowest BCUT2D eigenvalue weighted by molar-refractivity contribution is 0.0934. The summed E-state index contributed by atoms with van der Waals surface area (Å²) in [7, 11) is 4.04. The predicted octanol–water partition coefficient (Wildman–Crippen LogP) is 1.37. The maximum absolute atomic E-state index is 12.0. The highest BCUT2D eigenvalue weighted by Gasteiger charge is 2.16. The molecule has 5 heteroatoms. The second-order valence-electron chi connectivity index (χ2n) is 5.40. The molecule has 0 saturated heterocycles. The summed E-state index contributed by atoms with van der Waals surface area (Å²) >= 11 is 0. The molecule has 106 valence electrons. The molecule has 0 fully saturated rings. The highest BCUT2D eigenvalue weighted by atomic mass is 16.1. The van der Waals surface area contributed by atoms with Crippen LogP contribution in [0.1, 0.15) is 30.8 Å². The second-order valence-corrected chi connectivity index (χ2v) is 5.40. The first-order valence-electron chi connectivity index (χ1n) is 6.57. The molecule has 1 heterocycles. The van der Waals surface area contributed by atoms with Crippen molar-refractivity contribution in [3.05, 3.63) is 24.0 Å². The fraction of sp³-hybridized carbons (Fsp3) is 0.571. The quantitative estimate of drug-likeness (QED) is 0.814. The molecule has 0 aliphatic rings. The van der Waals surface area contributed by atoms with Crippen LogP contribution < -0.4 is 11.1 Å². The Bertz CT molecular complexity index is 418. The lowest BCUT2D eigenvalue weighted by Crippen LogP contribution is -2.41. The molecule has 0 aliphatic carbocycles. The van der Waals surface area contributed by atoms with E-state index < -0.39 is 0 Å². The van der Waals surface area contributed by atoms with Gasteiger partial charge in [0.15, 0.2) is 5.69 Å². The minimum Gasteiger partial charge on any atom is -0.397 e. The van der Waals surface area contributed by atoms with Gasteiger partial charge >= 0.3 is 0 Å². The van der Waals surface area contributed by atoms with Crippen molar-refractivity contribution in [1.29, 1.82) is 0 Å². The number of aromatic nitrogens is 1. The summed E-state index contributed by atoms with van der Waals surface area (Å²) in [5, 5.41) is 2.90. The van der Waals surface area contributed by atoms with E-state index in [9.17, 15) is 4.79 Å². The van der Waals surface area contributed by atoms with Crippen LogP contribution in [0.4, 0.5) is 5.69 Å². The minimum atomic E-state index is -0.214. The predicted molar refractivity (Wildman–Crippen MR) is 77.9 cm³/mol. The molecule has 1 aromatic rings. The number of pyridine rings is 1. The Balaban J connectivity index is 2.60. The topological polar surface area (TPSA) is 71.2 Å². The van der Waals surface area contributed by atoms with Crippen molar-refractivity contribution in [2.45, 2.75) is 26.3 Å². The van der Waals surface area contributed by atoms with Gasteiger partial charge in [0.05, 0.1) is 5.69 Å². The standard InChI is InChI=1S/C14H24N4O/c1-10(2)8-11(18(3)4)9-17-14(19)13-12(15)6-5-7-16-13/h5-7,10-11H,8-9,15H2,1-4H3,(H,17,19). The monoisotopic (exact) mass is 264 g/mol. The van der Waals surface area contributed by atoms with Crippen LogP contribution in [0.5, 0.6) is 0 Å². The van der Waals surface area contributed by atoms with Crippen LogP contribution in [-0.2, 0) is 0 Å². The third-order valence-electron chi connectivity index (χ3n) is 3.03. The summed E-state index contributed by atoms with van der Waals surface area (Å²) in [6, 6.07) is 3.71. The molecule has 1 rings (SSSR count). The Morgan fingerprint density at radius 1 is 1.47 bits per heavy atom. The molecule has 1 atom stereocenters. The lowest BCUT2D eigenvalue weighted by Gasteiger charge is -2.26. The number of nitrogens with two attached hydrogens (primary N) is 1. The van der Waals surface area contributed by atoms with Gasteiger partial charge in [-0.2, -0.15) is 0 Å². The number of rotatable bonds is 6. The van der Waals surface area contributed by atoms with E-state index in [1.54, 1.807) is 18.3 Å². The van der Waals surface area contributed by atoms with Gasteiger partial charge in [-0.3, -0.25) is 4.79 Å². The van der Waals surface area contributed by atoms with Gasteiger partial charge in [0.1, 0.15) is 0 Å². The average Bonchev–Trinajstić information content (AvgIpc) is 2.34. The molecular weight excluding hydrogens is 240 g/mol. The highest BCUT2D eigenvalue weighted by molar-refractivity contribution is 5.96. The third-order valence-corrected chi connectivity index (χ3v) is 3.03. The number of carbonyl (C=O) groups excluding carboxylic acids is 1. The number of nitrogen functional groups attached to an aromatic ring is 1. The molecule has 5 nitrogen and oxygen atoms in total. The number of nitrogens with one attached hydrogen (secondary N) is 1. The molecule has 0 radical (unpaired) electrons. The molecule has 1 aromatic heterocycles. The molecule has 0 bridgehead atoms. The zero-order valence-corrected chi connectivity index (χ0v) is 12.2. The zero-order valence-electron chi connectivity index (χ0n) is 12.2. The first-order valence-corrected chi connectivity index (χ1v) is 6.57. The van der Waals surface area contributed by atoms with Crippen molar-refractivity contribution in [2.24, 2.45) is 5.92 Å². The van der Waals surface area contributed by atoms with Crippen molar-refractivity contribution >= 4 is 11.6 Å². The van der Waals surface area contributed by atoms with Crippen LogP contribution in [0.3, 0.4) is 0 Å². The van der Waals surface area contributed by atoms with Gasteiger partial charge in [-0.1, -0.05) is 13.8 Å². The maximum atomic E-state index is 12.0. The molecule has 1 amide bonds. The summed E-state index contributed by atoms with van der Waals surface area (Å²) < 4.78 is 0. The number of carbonyl (C=O) groups is 1. The first kappa shape index (κ1) is 15.4. The number of hydrogen-bond donors (Lipinski definition) is 2. The number of anilines is 1. The van der Waals surface area contributed by atoms with Crippen molar-refractivity contribution in [2.75, 3.05) is 26.4 Å². The summed E-state index contributed by atoms with van der Waals surface area (Å²) in [5.41, 5.74) is 6.44. The van der Waals surface area contributed by atoms with Crippen LogP contribution in [0.2, 0.25) is 0 Å². The van der Waals surface area contributed by atoms with E-state index in [1.807, 2.05) is 14.1 Å². The van der Waals surface area contributed by atoms with E-state index in [0.29, 0.717) is 29.9 Å². The van der Waals surface area contributed by atoms with Gasteiger partial charge in [-0.15, -0.1) is 0 Å².